The maximum Gasteiger partial charge on any atom is 0.257 e. The van der Waals surface area contributed by atoms with Crippen molar-refractivity contribution >= 4 is 34.6 Å². The first-order valence-electron chi connectivity index (χ1n) is 7.96. The maximum absolute atomic E-state index is 12.3. The number of nitrogens with one attached hydrogen (secondary N) is 2. The summed E-state index contributed by atoms with van der Waals surface area (Å²) >= 11 is 0. The summed E-state index contributed by atoms with van der Waals surface area (Å²) in [5.74, 6) is -0.601. The fraction of sp³-hybridized carbons (Fsp3) is 0. The highest BCUT2D eigenvalue weighted by molar-refractivity contribution is 6.08. The number of para-hydroxylation sites is 1. The third-order valence-electron chi connectivity index (χ3n) is 3.73. The zero-order valence-electron chi connectivity index (χ0n) is 13.9. The number of amides is 2. The predicted molar refractivity (Wildman–Crippen MR) is 104 cm³/mol. The number of carbonyl (C=O) groups is 2. The van der Waals surface area contributed by atoms with E-state index in [-0.39, 0.29) is 11.8 Å². The minimum atomic E-state index is -0.317. The van der Waals surface area contributed by atoms with E-state index in [0.717, 1.165) is 0 Å². The van der Waals surface area contributed by atoms with Crippen molar-refractivity contribution in [1.82, 2.24) is 0 Å². The van der Waals surface area contributed by atoms with Crippen molar-refractivity contribution in [2.75, 3.05) is 22.1 Å². The van der Waals surface area contributed by atoms with Gasteiger partial charge in [0.05, 0.1) is 5.56 Å². The zero-order valence-corrected chi connectivity index (χ0v) is 13.9. The fourth-order valence-corrected chi connectivity index (χ4v) is 2.46. The summed E-state index contributed by atoms with van der Waals surface area (Å²) in [6.45, 7) is 0. The van der Waals surface area contributed by atoms with Crippen LogP contribution >= 0.6 is 0 Å². The molecule has 0 bridgehead atoms. The van der Waals surface area contributed by atoms with Gasteiger partial charge in [0.1, 0.15) is 0 Å². The van der Waals surface area contributed by atoms with E-state index >= 15 is 0 Å². The van der Waals surface area contributed by atoms with E-state index in [1.54, 1.807) is 72.8 Å². The second-order valence-corrected chi connectivity index (χ2v) is 5.70. The zero-order chi connectivity index (χ0) is 18.5. The van der Waals surface area contributed by atoms with Crippen LogP contribution in [-0.2, 0) is 0 Å². The Hall–Kier alpha value is -3.80. The molecule has 0 heterocycles. The smallest absolute Gasteiger partial charge is 0.257 e. The molecule has 0 saturated heterocycles. The van der Waals surface area contributed by atoms with Gasteiger partial charge >= 0.3 is 0 Å². The Kier molecular flexibility index (Phi) is 4.85. The number of hydrogen-bond donors (Lipinski definition) is 4. The quantitative estimate of drug-likeness (QED) is 0.543. The highest BCUT2D eigenvalue weighted by atomic mass is 16.2. The molecule has 0 saturated carbocycles. The third kappa shape index (κ3) is 3.99. The van der Waals surface area contributed by atoms with Crippen LogP contribution in [0, 0.1) is 0 Å². The van der Waals surface area contributed by atoms with E-state index in [9.17, 15) is 9.59 Å². The van der Waals surface area contributed by atoms with Crippen molar-refractivity contribution in [3.63, 3.8) is 0 Å². The Morgan fingerprint density at radius 2 is 1.35 bits per heavy atom. The van der Waals surface area contributed by atoms with Gasteiger partial charge in [-0.3, -0.25) is 9.59 Å². The summed E-state index contributed by atoms with van der Waals surface area (Å²) in [4.78, 5) is 24.6. The molecule has 3 aromatic carbocycles. The van der Waals surface area contributed by atoms with Crippen LogP contribution in [0.25, 0.3) is 0 Å². The highest BCUT2D eigenvalue weighted by Crippen LogP contribution is 2.19. The van der Waals surface area contributed by atoms with Crippen molar-refractivity contribution < 1.29 is 9.59 Å². The molecular weight excluding hydrogens is 328 g/mol. The molecule has 26 heavy (non-hydrogen) atoms. The fourth-order valence-electron chi connectivity index (χ4n) is 2.46. The highest BCUT2D eigenvalue weighted by Gasteiger charge is 2.10. The minimum absolute atomic E-state index is 0.284. The van der Waals surface area contributed by atoms with Crippen LogP contribution in [0.3, 0.4) is 0 Å². The van der Waals surface area contributed by atoms with E-state index in [0.29, 0.717) is 33.9 Å². The molecule has 130 valence electrons. The summed E-state index contributed by atoms with van der Waals surface area (Å²) in [5.41, 5.74) is 14.4. The molecule has 0 aliphatic rings. The Bertz CT molecular complexity index is 969. The lowest BCUT2D eigenvalue weighted by Gasteiger charge is -2.10. The summed E-state index contributed by atoms with van der Waals surface area (Å²) in [5, 5.41) is 5.55. The summed E-state index contributed by atoms with van der Waals surface area (Å²) in [6.07, 6.45) is 0. The molecule has 3 aromatic rings. The summed E-state index contributed by atoms with van der Waals surface area (Å²) in [7, 11) is 0. The lowest BCUT2D eigenvalue weighted by Crippen LogP contribution is -2.15. The Balaban J connectivity index is 1.73. The SMILES string of the molecule is Nc1cccc(C(=O)Nc2cccc(NC(=O)c3ccccc3N)c2)c1. The first-order valence-corrected chi connectivity index (χ1v) is 7.96. The standard InChI is InChI=1S/C20H18N4O2/c21-14-6-3-5-13(11-14)19(25)23-15-7-4-8-16(12-15)24-20(26)17-9-1-2-10-18(17)22/h1-12H,21-22H2,(H,23,25)(H,24,26). The number of nitrogens with two attached hydrogens (primary N) is 2. The van der Waals surface area contributed by atoms with Crippen LogP contribution in [0.4, 0.5) is 22.7 Å². The normalized spacial score (nSPS) is 10.2. The van der Waals surface area contributed by atoms with Gasteiger partial charge in [-0.1, -0.05) is 24.3 Å². The van der Waals surface area contributed by atoms with Crippen LogP contribution in [0.5, 0.6) is 0 Å². The van der Waals surface area contributed by atoms with Crippen molar-refractivity contribution in [1.29, 1.82) is 0 Å². The number of rotatable bonds is 4. The number of anilines is 4. The minimum Gasteiger partial charge on any atom is -0.399 e. The molecule has 0 aliphatic heterocycles. The van der Waals surface area contributed by atoms with Crippen molar-refractivity contribution in [2.45, 2.75) is 0 Å². The first kappa shape index (κ1) is 17.0. The summed E-state index contributed by atoms with van der Waals surface area (Å²) in [6, 6.07) is 20.4. The number of nitrogen functional groups attached to an aromatic ring is 2. The number of benzene rings is 3. The number of carbonyl (C=O) groups excluding carboxylic acids is 2. The van der Waals surface area contributed by atoms with Crippen LogP contribution in [0.1, 0.15) is 20.7 Å². The summed E-state index contributed by atoms with van der Waals surface area (Å²) < 4.78 is 0. The van der Waals surface area contributed by atoms with Gasteiger partial charge in [0.2, 0.25) is 0 Å². The van der Waals surface area contributed by atoms with Gasteiger partial charge in [-0.15, -0.1) is 0 Å². The lowest BCUT2D eigenvalue weighted by molar-refractivity contribution is 0.102. The molecule has 2 amide bonds. The van der Waals surface area contributed by atoms with E-state index in [4.69, 9.17) is 11.5 Å². The van der Waals surface area contributed by atoms with Gasteiger partial charge in [0.25, 0.3) is 11.8 Å². The second-order valence-electron chi connectivity index (χ2n) is 5.70. The van der Waals surface area contributed by atoms with Gasteiger partial charge in [-0.2, -0.15) is 0 Å². The Labute approximate surface area is 150 Å². The van der Waals surface area contributed by atoms with Crippen molar-refractivity contribution in [3.05, 3.63) is 83.9 Å². The first-order chi connectivity index (χ1) is 12.5. The molecule has 0 radical (unpaired) electrons. The maximum atomic E-state index is 12.3. The molecule has 6 nitrogen and oxygen atoms in total. The monoisotopic (exact) mass is 346 g/mol. The van der Waals surface area contributed by atoms with E-state index in [2.05, 4.69) is 10.6 Å². The van der Waals surface area contributed by atoms with Gasteiger partial charge in [-0.05, 0) is 48.5 Å². The third-order valence-corrected chi connectivity index (χ3v) is 3.73. The molecule has 0 aromatic heterocycles. The second kappa shape index (κ2) is 7.40. The van der Waals surface area contributed by atoms with Crippen LogP contribution in [0.2, 0.25) is 0 Å². The van der Waals surface area contributed by atoms with Gasteiger partial charge in [0, 0.05) is 28.3 Å². The van der Waals surface area contributed by atoms with Gasteiger partial charge < -0.3 is 22.1 Å². The molecule has 6 N–H and O–H groups in total. The molecular formula is C20H18N4O2. The largest absolute Gasteiger partial charge is 0.399 e. The van der Waals surface area contributed by atoms with E-state index in [1.165, 1.54) is 0 Å². The average molecular weight is 346 g/mol. The molecule has 6 heteroatoms. The van der Waals surface area contributed by atoms with E-state index in [1.807, 2.05) is 0 Å². The molecule has 0 aliphatic carbocycles. The van der Waals surface area contributed by atoms with E-state index < -0.39 is 0 Å². The molecule has 0 fully saturated rings. The predicted octanol–water partition coefficient (Wildman–Crippen LogP) is 3.36. The molecule has 0 atom stereocenters. The molecule has 0 unspecified atom stereocenters. The van der Waals surface area contributed by atoms with Crippen LogP contribution < -0.4 is 22.1 Å². The van der Waals surface area contributed by atoms with Gasteiger partial charge in [0.15, 0.2) is 0 Å². The van der Waals surface area contributed by atoms with Crippen molar-refractivity contribution in [3.8, 4) is 0 Å². The molecule has 3 rings (SSSR count). The lowest BCUT2D eigenvalue weighted by atomic mass is 10.1. The average Bonchev–Trinajstić information content (AvgIpc) is 2.62. The topological polar surface area (TPSA) is 110 Å². The van der Waals surface area contributed by atoms with Crippen LogP contribution in [0.15, 0.2) is 72.8 Å². The number of hydrogen-bond acceptors (Lipinski definition) is 4. The van der Waals surface area contributed by atoms with Crippen LogP contribution in [-0.4, -0.2) is 11.8 Å². The van der Waals surface area contributed by atoms with Gasteiger partial charge in [-0.25, -0.2) is 0 Å². The Morgan fingerprint density at radius 1 is 0.692 bits per heavy atom. The van der Waals surface area contributed by atoms with Crippen molar-refractivity contribution in [2.24, 2.45) is 0 Å². The molecule has 0 spiro atoms. The Morgan fingerprint density at radius 3 is 2.04 bits per heavy atom.